The fraction of sp³-hybridized carbons (Fsp3) is 0.667. The lowest BCUT2D eigenvalue weighted by atomic mass is 10.4. The fourth-order valence-corrected chi connectivity index (χ4v) is 1.22. The molecule has 4 heteroatoms. The van der Waals surface area contributed by atoms with Crippen molar-refractivity contribution in [2.75, 3.05) is 13.2 Å². The van der Waals surface area contributed by atoms with Crippen LogP contribution in [0.3, 0.4) is 0 Å². The molecule has 0 aliphatic heterocycles. The molecule has 1 aromatic rings. The minimum atomic E-state index is 0.182. The lowest BCUT2D eigenvalue weighted by molar-refractivity contribution is 0.291. The topological polar surface area (TPSA) is 50.1 Å². The predicted molar refractivity (Wildman–Crippen MR) is 51.3 cm³/mol. The van der Waals surface area contributed by atoms with Crippen LogP contribution in [0.15, 0.2) is 12.3 Å². The van der Waals surface area contributed by atoms with Crippen LogP contribution in [-0.2, 0) is 13.1 Å². The summed E-state index contributed by atoms with van der Waals surface area (Å²) < 4.78 is 1.99. The van der Waals surface area contributed by atoms with Gasteiger partial charge in [0.15, 0.2) is 0 Å². The Morgan fingerprint density at radius 2 is 2.46 bits per heavy atom. The van der Waals surface area contributed by atoms with Gasteiger partial charge in [0.2, 0.25) is 0 Å². The maximum absolute atomic E-state index is 8.58. The predicted octanol–water partition coefficient (Wildman–Crippen LogP) is 0.375. The van der Waals surface area contributed by atoms with Crippen LogP contribution in [0.25, 0.3) is 0 Å². The Morgan fingerprint density at radius 1 is 1.62 bits per heavy atom. The Kier molecular flexibility index (Phi) is 4.49. The summed E-state index contributed by atoms with van der Waals surface area (Å²) in [5.41, 5.74) is 1.18. The van der Waals surface area contributed by atoms with Gasteiger partial charge in [-0.25, -0.2) is 0 Å². The summed E-state index contributed by atoms with van der Waals surface area (Å²) in [5, 5.41) is 15.9. The quantitative estimate of drug-likeness (QED) is 0.627. The molecule has 1 aromatic heterocycles. The van der Waals surface area contributed by atoms with Gasteiger partial charge in [-0.3, -0.25) is 4.68 Å². The number of aromatic nitrogens is 2. The monoisotopic (exact) mass is 183 g/mol. The molecule has 0 atom stereocenters. The SMILES string of the molecule is CCCn1nccc1CNCCO. The van der Waals surface area contributed by atoms with E-state index in [0.29, 0.717) is 6.54 Å². The molecule has 74 valence electrons. The van der Waals surface area contributed by atoms with Crippen LogP contribution in [-0.4, -0.2) is 28.0 Å². The van der Waals surface area contributed by atoms with Crippen LogP contribution in [0.4, 0.5) is 0 Å². The first-order chi connectivity index (χ1) is 6.38. The van der Waals surface area contributed by atoms with Gasteiger partial charge in [0.1, 0.15) is 0 Å². The van der Waals surface area contributed by atoms with Crippen molar-refractivity contribution in [2.45, 2.75) is 26.4 Å². The molecule has 0 saturated carbocycles. The van der Waals surface area contributed by atoms with Crippen molar-refractivity contribution in [3.63, 3.8) is 0 Å². The molecule has 0 unspecified atom stereocenters. The number of nitrogens with zero attached hydrogens (tertiary/aromatic N) is 2. The molecule has 2 N–H and O–H groups in total. The van der Waals surface area contributed by atoms with Gasteiger partial charge in [-0.15, -0.1) is 0 Å². The molecule has 0 fully saturated rings. The Labute approximate surface area is 78.6 Å². The van der Waals surface area contributed by atoms with Crippen molar-refractivity contribution in [3.05, 3.63) is 18.0 Å². The van der Waals surface area contributed by atoms with E-state index >= 15 is 0 Å². The summed E-state index contributed by atoms with van der Waals surface area (Å²) in [5.74, 6) is 0. The summed E-state index contributed by atoms with van der Waals surface area (Å²) in [4.78, 5) is 0. The molecular formula is C9H17N3O. The first-order valence-corrected chi connectivity index (χ1v) is 4.70. The van der Waals surface area contributed by atoms with Crippen LogP contribution < -0.4 is 5.32 Å². The Bertz CT molecular complexity index is 235. The standard InChI is InChI=1S/C9H17N3O/c1-2-6-12-9(3-4-11-12)8-10-5-7-13/h3-4,10,13H,2,5-8H2,1H3. The molecular weight excluding hydrogens is 166 g/mol. The fourth-order valence-electron chi connectivity index (χ4n) is 1.22. The van der Waals surface area contributed by atoms with Crippen LogP contribution in [0.5, 0.6) is 0 Å². The molecule has 0 aliphatic carbocycles. The molecule has 0 aliphatic rings. The molecule has 0 spiro atoms. The van der Waals surface area contributed by atoms with E-state index in [9.17, 15) is 0 Å². The highest BCUT2D eigenvalue weighted by Gasteiger charge is 1.99. The van der Waals surface area contributed by atoms with Gasteiger partial charge in [0, 0.05) is 25.8 Å². The van der Waals surface area contributed by atoms with Gasteiger partial charge in [0.05, 0.1) is 12.3 Å². The van der Waals surface area contributed by atoms with Crippen molar-refractivity contribution in [1.82, 2.24) is 15.1 Å². The zero-order chi connectivity index (χ0) is 9.52. The highest BCUT2D eigenvalue weighted by atomic mass is 16.3. The van der Waals surface area contributed by atoms with Gasteiger partial charge in [-0.1, -0.05) is 6.92 Å². The van der Waals surface area contributed by atoms with E-state index in [2.05, 4.69) is 17.3 Å². The van der Waals surface area contributed by atoms with E-state index in [4.69, 9.17) is 5.11 Å². The summed E-state index contributed by atoms with van der Waals surface area (Å²) in [7, 11) is 0. The van der Waals surface area contributed by atoms with Crippen molar-refractivity contribution in [1.29, 1.82) is 0 Å². The van der Waals surface area contributed by atoms with E-state index in [-0.39, 0.29) is 6.61 Å². The number of nitrogens with one attached hydrogen (secondary N) is 1. The third kappa shape index (κ3) is 3.16. The zero-order valence-electron chi connectivity index (χ0n) is 8.03. The van der Waals surface area contributed by atoms with Gasteiger partial charge in [-0.2, -0.15) is 5.10 Å². The van der Waals surface area contributed by atoms with Crippen LogP contribution >= 0.6 is 0 Å². The third-order valence-electron chi connectivity index (χ3n) is 1.83. The minimum absolute atomic E-state index is 0.182. The Hall–Kier alpha value is -0.870. The third-order valence-corrected chi connectivity index (χ3v) is 1.83. The highest BCUT2D eigenvalue weighted by Crippen LogP contribution is 1.99. The second-order valence-electron chi connectivity index (χ2n) is 2.95. The van der Waals surface area contributed by atoms with Gasteiger partial charge >= 0.3 is 0 Å². The van der Waals surface area contributed by atoms with E-state index < -0.39 is 0 Å². The molecule has 0 aromatic carbocycles. The highest BCUT2D eigenvalue weighted by molar-refractivity contribution is 4.99. The Balaban J connectivity index is 2.40. The van der Waals surface area contributed by atoms with E-state index in [0.717, 1.165) is 19.5 Å². The number of rotatable bonds is 6. The van der Waals surface area contributed by atoms with E-state index in [1.807, 2.05) is 16.9 Å². The van der Waals surface area contributed by atoms with Crippen molar-refractivity contribution in [3.8, 4) is 0 Å². The smallest absolute Gasteiger partial charge is 0.0556 e. The van der Waals surface area contributed by atoms with E-state index in [1.165, 1.54) is 5.69 Å². The van der Waals surface area contributed by atoms with Gasteiger partial charge < -0.3 is 10.4 Å². The summed E-state index contributed by atoms with van der Waals surface area (Å²) in [6.07, 6.45) is 2.90. The van der Waals surface area contributed by atoms with Crippen LogP contribution in [0, 0.1) is 0 Å². The summed E-state index contributed by atoms with van der Waals surface area (Å²) >= 11 is 0. The maximum atomic E-state index is 8.58. The molecule has 13 heavy (non-hydrogen) atoms. The molecule has 0 saturated heterocycles. The average Bonchev–Trinajstić information content (AvgIpc) is 2.54. The molecule has 0 bridgehead atoms. The summed E-state index contributed by atoms with van der Waals surface area (Å²) in [6.45, 7) is 4.69. The normalized spacial score (nSPS) is 10.6. The minimum Gasteiger partial charge on any atom is -0.395 e. The largest absolute Gasteiger partial charge is 0.395 e. The number of hydrogen-bond acceptors (Lipinski definition) is 3. The van der Waals surface area contributed by atoms with Crippen LogP contribution in [0.1, 0.15) is 19.0 Å². The zero-order valence-corrected chi connectivity index (χ0v) is 8.03. The molecule has 0 amide bonds. The molecule has 1 heterocycles. The summed E-state index contributed by atoms with van der Waals surface area (Å²) in [6, 6.07) is 2.00. The first kappa shape index (κ1) is 10.2. The van der Waals surface area contributed by atoms with Crippen LogP contribution in [0.2, 0.25) is 0 Å². The first-order valence-electron chi connectivity index (χ1n) is 4.70. The van der Waals surface area contributed by atoms with Gasteiger partial charge in [0.25, 0.3) is 0 Å². The number of aliphatic hydroxyl groups excluding tert-OH is 1. The van der Waals surface area contributed by atoms with Crippen molar-refractivity contribution < 1.29 is 5.11 Å². The lowest BCUT2D eigenvalue weighted by Crippen LogP contribution is -2.20. The lowest BCUT2D eigenvalue weighted by Gasteiger charge is -2.06. The molecule has 0 radical (unpaired) electrons. The number of aryl methyl sites for hydroxylation is 1. The van der Waals surface area contributed by atoms with E-state index in [1.54, 1.807) is 0 Å². The average molecular weight is 183 g/mol. The second-order valence-corrected chi connectivity index (χ2v) is 2.95. The van der Waals surface area contributed by atoms with Gasteiger partial charge in [-0.05, 0) is 12.5 Å². The number of hydrogen-bond donors (Lipinski definition) is 2. The molecule has 4 nitrogen and oxygen atoms in total. The molecule has 1 rings (SSSR count). The maximum Gasteiger partial charge on any atom is 0.0556 e. The number of aliphatic hydroxyl groups is 1. The van der Waals surface area contributed by atoms with Crippen molar-refractivity contribution in [2.24, 2.45) is 0 Å². The second kappa shape index (κ2) is 5.72. The van der Waals surface area contributed by atoms with Crippen molar-refractivity contribution >= 4 is 0 Å². The Morgan fingerprint density at radius 3 is 3.15 bits per heavy atom.